The number of fused-ring (bicyclic) bond motifs is 1. The lowest BCUT2D eigenvalue weighted by molar-refractivity contribution is 0.363. The Labute approximate surface area is 115 Å². The summed E-state index contributed by atoms with van der Waals surface area (Å²) in [5, 5.41) is 13.0. The predicted molar refractivity (Wildman–Crippen MR) is 71.4 cm³/mol. The number of amidine groups is 1. The largest absolute Gasteiger partial charge is 0.382 e. The number of nitrogens with zero attached hydrogens (tertiary/aromatic N) is 4. The summed E-state index contributed by atoms with van der Waals surface area (Å²) < 4.78 is 15.6. The van der Waals surface area contributed by atoms with Crippen molar-refractivity contribution >= 4 is 5.84 Å². The first kappa shape index (κ1) is 12.4. The van der Waals surface area contributed by atoms with Crippen LogP contribution in [-0.4, -0.2) is 15.6 Å². The molecule has 0 amide bonds. The molecule has 0 radical (unpaired) electrons. The van der Waals surface area contributed by atoms with Gasteiger partial charge in [0.25, 0.3) is 0 Å². The molecule has 1 atom stereocenters. The van der Waals surface area contributed by atoms with Crippen molar-refractivity contribution in [2.75, 3.05) is 0 Å². The zero-order valence-electron chi connectivity index (χ0n) is 10.8. The molecule has 1 aliphatic rings. The molecule has 3 rings (SSSR count). The van der Waals surface area contributed by atoms with E-state index in [2.05, 4.69) is 10.1 Å². The van der Waals surface area contributed by atoms with Crippen molar-refractivity contribution in [2.24, 2.45) is 10.7 Å². The molecular formula is C14H12FN5. The van der Waals surface area contributed by atoms with E-state index in [1.54, 1.807) is 35.9 Å². The highest BCUT2D eigenvalue weighted by atomic mass is 19.1. The average Bonchev–Trinajstić information content (AvgIpc) is 2.82. The number of rotatable bonds is 1. The third kappa shape index (κ3) is 1.75. The monoisotopic (exact) mass is 269 g/mol. The molecule has 0 aliphatic carbocycles. The van der Waals surface area contributed by atoms with Crippen molar-refractivity contribution < 1.29 is 4.39 Å². The lowest BCUT2D eigenvalue weighted by atomic mass is 9.91. The van der Waals surface area contributed by atoms with Crippen LogP contribution in [-0.2, 0) is 12.1 Å². The van der Waals surface area contributed by atoms with E-state index >= 15 is 0 Å². The van der Waals surface area contributed by atoms with Crippen LogP contribution in [0.2, 0.25) is 0 Å². The molecule has 0 fully saturated rings. The van der Waals surface area contributed by atoms with Gasteiger partial charge in [-0.3, -0.25) is 9.67 Å². The van der Waals surface area contributed by atoms with E-state index in [1.165, 1.54) is 6.07 Å². The van der Waals surface area contributed by atoms with Gasteiger partial charge < -0.3 is 5.73 Å². The van der Waals surface area contributed by atoms with Gasteiger partial charge in [-0.15, -0.1) is 0 Å². The molecule has 1 aromatic carbocycles. The third-order valence-corrected chi connectivity index (χ3v) is 3.44. The van der Waals surface area contributed by atoms with E-state index in [0.29, 0.717) is 17.8 Å². The number of hydrogen-bond acceptors (Lipinski definition) is 4. The highest BCUT2D eigenvalue weighted by Gasteiger charge is 2.35. The Balaban J connectivity index is 2.13. The molecule has 100 valence electrons. The van der Waals surface area contributed by atoms with Gasteiger partial charge in [0.15, 0.2) is 5.69 Å². The zero-order valence-corrected chi connectivity index (χ0v) is 10.8. The molecule has 0 unspecified atom stereocenters. The fourth-order valence-electron chi connectivity index (χ4n) is 2.49. The number of aromatic nitrogens is 2. The Morgan fingerprint density at radius 2 is 2.20 bits per heavy atom. The minimum atomic E-state index is -0.832. The Morgan fingerprint density at radius 3 is 2.90 bits per heavy atom. The number of halogens is 1. The summed E-state index contributed by atoms with van der Waals surface area (Å²) in [6.07, 6.45) is 0. The van der Waals surface area contributed by atoms with E-state index < -0.39 is 5.54 Å². The number of aliphatic imine (C=N–C) groups is 1. The number of nitriles is 1. The van der Waals surface area contributed by atoms with Crippen LogP contribution >= 0.6 is 0 Å². The first-order valence-corrected chi connectivity index (χ1v) is 6.12. The number of hydrogen-bond donors (Lipinski definition) is 1. The van der Waals surface area contributed by atoms with E-state index in [9.17, 15) is 4.39 Å². The van der Waals surface area contributed by atoms with Crippen LogP contribution in [0.3, 0.4) is 0 Å². The molecule has 2 N–H and O–H groups in total. The highest BCUT2D eigenvalue weighted by Crippen LogP contribution is 2.33. The van der Waals surface area contributed by atoms with Crippen molar-refractivity contribution in [3.8, 4) is 6.07 Å². The topological polar surface area (TPSA) is 80.0 Å². The van der Waals surface area contributed by atoms with Crippen LogP contribution in [0, 0.1) is 17.1 Å². The SMILES string of the molecule is C[C@@]1(c2ccccc2F)Cn2nc(C#N)cc2C(N)=N1. The van der Waals surface area contributed by atoms with Gasteiger partial charge in [0.2, 0.25) is 0 Å². The summed E-state index contributed by atoms with van der Waals surface area (Å²) in [5.41, 5.74) is 6.43. The molecule has 1 aromatic heterocycles. The lowest BCUT2D eigenvalue weighted by Gasteiger charge is -2.31. The van der Waals surface area contributed by atoms with Crippen LogP contribution in [0.15, 0.2) is 35.3 Å². The van der Waals surface area contributed by atoms with E-state index in [1.807, 2.05) is 6.07 Å². The number of nitrogens with two attached hydrogens (primary N) is 1. The maximum atomic E-state index is 14.0. The van der Waals surface area contributed by atoms with Gasteiger partial charge in [-0.2, -0.15) is 10.4 Å². The van der Waals surface area contributed by atoms with E-state index in [-0.39, 0.29) is 17.3 Å². The fraction of sp³-hybridized carbons (Fsp3) is 0.214. The van der Waals surface area contributed by atoms with Gasteiger partial charge in [-0.05, 0) is 13.0 Å². The minimum absolute atomic E-state index is 0.260. The van der Waals surface area contributed by atoms with Crippen LogP contribution in [0.25, 0.3) is 0 Å². The molecule has 20 heavy (non-hydrogen) atoms. The molecule has 2 aromatic rings. The lowest BCUT2D eigenvalue weighted by Crippen LogP contribution is -2.37. The summed E-state index contributed by atoms with van der Waals surface area (Å²) in [6, 6.07) is 10.0. The maximum Gasteiger partial charge on any atom is 0.163 e. The second-order valence-electron chi connectivity index (χ2n) is 4.94. The van der Waals surface area contributed by atoms with Crippen molar-refractivity contribution in [3.05, 3.63) is 53.1 Å². The molecule has 0 bridgehead atoms. The zero-order chi connectivity index (χ0) is 14.3. The maximum absolute atomic E-state index is 14.0. The molecular weight excluding hydrogens is 257 g/mol. The standard InChI is InChI=1S/C14H12FN5/c1-14(10-4-2-3-5-11(10)15)8-20-12(13(17)18-14)6-9(7-16)19-20/h2-6H,8H2,1H3,(H2,17,18)/t14-/m0/s1. The summed E-state index contributed by atoms with van der Waals surface area (Å²) in [7, 11) is 0. The van der Waals surface area contributed by atoms with E-state index in [0.717, 1.165) is 0 Å². The normalized spacial score (nSPS) is 20.9. The van der Waals surface area contributed by atoms with Crippen molar-refractivity contribution in [1.29, 1.82) is 5.26 Å². The van der Waals surface area contributed by atoms with Crippen LogP contribution < -0.4 is 5.73 Å². The quantitative estimate of drug-likeness (QED) is 0.852. The molecule has 0 saturated carbocycles. The van der Waals surface area contributed by atoms with Gasteiger partial charge in [-0.25, -0.2) is 4.39 Å². The van der Waals surface area contributed by atoms with Gasteiger partial charge in [0.1, 0.15) is 29.0 Å². The molecule has 0 spiro atoms. The van der Waals surface area contributed by atoms with Crippen LogP contribution in [0.5, 0.6) is 0 Å². The molecule has 0 saturated heterocycles. The third-order valence-electron chi connectivity index (χ3n) is 3.44. The van der Waals surface area contributed by atoms with Crippen molar-refractivity contribution in [3.63, 3.8) is 0 Å². The Bertz CT molecular complexity index is 755. The van der Waals surface area contributed by atoms with Crippen LogP contribution in [0.1, 0.15) is 23.9 Å². The summed E-state index contributed by atoms with van der Waals surface area (Å²) in [6.45, 7) is 2.14. The van der Waals surface area contributed by atoms with Crippen LogP contribution in [0.4, 0.5) is 4.39 Å². The number of benzene rings is 1. The first-order valence-electron chi connectivity index (χ1n) is 6.12. The Morgan fingerprint density at radius 1 is 1.45 bits per heavy atom. The van der Waals surface area contributed by atoms with Gasteiger partial charge in [0.05, 0.1) is 6.54 Å². The fourth-order valence-corrected chi connectivity index (χ4v) is 2.49. The van der Waals surface area contributed by atoms with Crippen molar-refractivity contribution in [2.45, 2.75) is 19.0 Å². The predicted octanol–water partition coefficient (Wildman–Crippen LogP) is 1.53. The highest BCUT2D eigenvalue weighted by molar-refractivity contribution is 5.97. The Hall–Kier alpha value is -2.68. The summed E-state index contributed by atoms with van der Waals surface area (Å²) in [4.78, 5) is 4.42. The van der Waals surface area contributed by atoms with Gasteiger partial charge >= 0.3 is 0 Å². The average molecular weight is 269 g/mol. The second kappa shape index (κ2) is 4.17. The summed E-state index contributed by atoms with van der Waals surface area (Å²) in [5.74, 6) is -0.0707. The second-order valence-corrected chi connectivity index (χ2v) is 4.94. The summed E-state index contributed by atoms with van der Waals surface area (Å²) >= 11 is 0. The molecule has 2 heterocycles. The Kier molecular flexibility index (Phi) is 2.57. The van der Waals surface area contributed by atoms with E-state index in [4.69, 9.17) is 11.0 Å². The minimum Gasteiger partial charge on any atom is -0.382 e. The first-order chi connectivity index (χ1) is 9.53. The van der Waals surface area contributed by atoms with Gasteiger partial charge in [0, 0.05) is 11.6 Å². The van der Waals surface area contributed by atoms with Gasteiger partial charge in [-0.1, -0.05) is 18.2 Å². The molecule has 1 aliphatic heterocycles. The van der Waals surface area contributed by atoms with Crippen molar-refractivity contribution in [1.82, 2.24) is 9.78 Å². The molecule has 5 nitrogen and oxygen atoms in total. The smallest absolute Gasteiger partial charge is 0.163 e. The molecule has 6 heteroatoms.